The maximum Gasteiger partial charge on any atom is 0.337 e. The van der Waals surface area contributed by atoms with Crippen LogP contribution in [0.3, 0.4) is 0 Å². The maximum absolute atomic E-state index is 12.0. The van der Waals surface area contributed by atoms with E-state index in [4.69, 9.17) is 0 Å². The van der Waals surface area contributed by atoms with E-state index in [1.54, 1.807) is 0 Å². The molecular weight excluding hydrogens is 360 g/mol. The molecule has 0 saturated carbocycles. The summed E-state index contributed by atoms with van der Waals surface area (Å²) in [5.74, 6) is -0.863. The van der Waals surface area contributed by atoms with Gasteiger partial charge in [0, 0.05) is 36.6 Å². The first kappa shape index (κ1) is 20.9. The van der Waals surface area contributed by atoms with Gasteiger partial charge in [-0.2, -0.15) is 0 Å². The average Bonchev–Trinajstić information content (AvgIpc) is 2.89. The zero-order valence-electron chi connectivity index (χ0n) is 18.0. The number of nitrogens with one attached hydrogen (secondary N) is 1. The van der Waals surface area contributed by atoms with Gasteiger partial charge in [0.05, 0.1) is 5.56 Å². The lowest BCUT2D eigenvalue weighted by Crippen LogP contribution is -2.15. The van der Waals surface area contributed by atoms with Crippen molar-refractivity contribution < 1.29 is 9.90 Å². The van der Waals surface area contributed by atoms with E-state index in [-0.39, 0.29) is 0 Å². The van der Waals surface area contributed by atoms with E-state index in [0.717, 1.165) is 17.0 Å². The van der Waals surface area contributed by atoms with E-state index in [2.05, 4.69) is 67.1 Å². The molecule has 0 aliphatic heterocycles. The van der Waals surface area contributed by atoms with Crippen LogP contribution in [0.5, 0.6) is 0 Å². The van der Waals surface area contributed by atoms with Crippen molar-refractivity contribution in [3.63, 3.8) is 0 Å². The van der Waals surface area contributed by atoms with Crippen molar-refractivity contribution in [2.75, 3.05) is 0 Å². The first-order valence-corrected chi connectivity index (χ1v) is 10.0. The second kappa shape index (κ2) is 8.66. The highest BCUT2D eigenvalue weighted by Crippen LogP contribution is 2.25. The third kappa shape index (κ3) is 4.60. The standard InChI is InChI=1S/C25H30N2O2/c1-16-7-6-8-21(11-16)13-26-14-23-19(4)27(20(5)24(23)25(28)29)15-22-12-17(2)9-10-18(22)3/h6-12,26H,13-15H2,1-5H3,(H,28,29). The number of aromatic carboxylic acids is 1. The molecule has 0 atom stereocenters. The largest absolute Gasteiger partial charge is 0.478 e. The van der Waals surface area contributed by atoms with E-state index in [9.17, 15) is 9.90 Å². The Morgan fingerprint density at radius 3 is 2.34 bits per heavy atom. The van der Waals surface area contributed by atoms with Gasteiger partial charge in [0.15, 0.2) is 0 Å². The molecule has 0 saturated heterocycles. The minimum atomic E-state index is -0.863. The Hall–Kier alpha value is -2.85. The molecule has 0 aliphatic carbocycles. The number of aromatic nitrogens is 1. The van der Waals surface area contributed by atoms with Gasteiger partial charge in [-0.1, -0.05) is 53.6 Å². The third-order valence-electron chi connectivity index (χ3n) is 5.67. The molecule has 0 unspecified atom stereocenters. The molecule has 3 rings (SSSR count). The molecule has 29 heavy (non-hydrogen) atoms. The fourth-order valence-electron chi connectivity index (χ4n) is 3.98. The van der Waals surface area contributed by atoms with Crippen LogP contribution in [-0.4, -0.2) is 15.6 Å². The molecule has 2 N–H and O–H groups in total. The van der Waals surface area contributed by atoms with Crippen molar-refractivity contribution in [3.05, 3.63) is 92.8 Å². The lowest BCUT2D eigenvalue weighted by atomic mass is 10.1. The van der Waals surface area contributed by atoms with Gasteiger partial charge in [-0.05, 0) is 51.3 Å². The van der Waals surface area contributed by atoms with Crippen LogP contribution < -0.4 is 5.32 Å². The van der Waals surface area contributed by atoms with Crippen molar-refractivity contribution in [1.82, 2.24) is 9.88 Å². The molecule has 0 amide bonds. The second-order valence-electron chi connectivity index (χ2n) is 7.94. The Morgan fingerprint density at radius 1 is 0.931 bits per heavy atom. The fraction of sp³-hybridized carbons (Fsp3) is 0.320. The van der Waals surface area contributed by atoms with Gasteiger partial charge in [0.25, 0.3) is 0 Å². The van der Waals surface area contributed by atoms with Gasteiger partial charge in [-0.25, -0.2) is 4.79 Å². The number of hydrogen-bond donors (Lipinski definition) is 2. The van der Waals surface area contributed by atoms with Crippen LogP contribution in [0.4, 0.5) is 0 Å². The highest BCUT2D eigenvalue weighted by atomic mass is 16.4. The van der Waals surface area contributed by atoms with Gasteiger partial charge in [-0.3, -0.25) is 0 Å². The van der Waals surface area contributed by atoms with Gasteiger partial charge in [0.1, 0.15) is 0 Å². The van der Waals surface area contributed by atoms with Crippen LogP contribution in [0.15, 0.2) is 42.5 Å². The quantitative estimate of drug-likeness (QED) is 0.592. The van der Waals surface area contributed by atoms with Crippen LogP contribution in [0.1, 0.15) is 55.1 Å². The van der Waals surface area contributed by atoms with E-state index >= 15 is 0 Å². The zero-order chi connectivity index (χ0) is 21.1. The van der Waals surface area contributed by atoms with Crippen molar-refractivity contribution in [2.45, 2.75) is 54.3 Å². The number of carboxylic acids is 1. The number of benzene rings is 2. The molecule has 4 heteroatoms. The lowest BCUT2D eigenvalue weighted by Gasteiger charge is -2.13. The SMILES string of the molecule is Cc1cccc(CNCc2c(C(=O)O)c(C)n(Cc3cc(C)ccc3C)c2C)c1. The van der Waals surface area contributed by atoms with Crippen LogP contribution in [-0.2, 0) is 19.6 Å². The van der Waals surface area contributed by atoms with Gasteiger partial charge < -0.3 is 15.0 Å². The van der Waals surface area contributed by atoms with Crippen LogP contribution in [0.2, 0.25) is 0 Å². The first-order chi connectivity index (χ1) is 13.8. The van der Waals surface area contributed by atoms with Gasteiger partial charge in [-0.15, -0.1) is 0 Å². The molecule has 0 spiro atoms. The summed E-state index contributed by atoms with van der Waals surface area (Å²) in [6.45, 7) is 12.1. The number of nitrogens with zero attached hydrogens (tertiary/aromatic N) is 1. The van der Waals surface area contributed by atoms with E-state index in [0.29, 0.717) is 25.2 Å². The molecule has 1 aromatic heterocycles. The summed E-state index contributed by atoms with van der Waals surface area (Å²) in [4.78, 5) is 12.0. The Labute approximate surface area is 173 Å². The van der Waals surface area contributed by atoms with Crippen LogP contribution >= 0.6 is 0 Å². The highest BCUT2D eigenvalue weighted by Gasteiger charge is 2.22. The minimum absolute atomic E-state index is 0.421. The molecule has 0 aliphatic rings. The molecule has 0 fully saturated rings. The summed E-state index contributed by atoms with van der Waals surface area (Å²) in [7, 11) is 0. The van der Waals surface area contributed by atoms with Crippen molar-refractivity contribution in [1.29, 1.82) is 0 Å². The third-order valence-corrected chi connectivity index (χ3v) is 5.67. The second-order valence-corrected chi connectivity index (χ2v) is 7.94. The van der Waals surface area contributed by atoms with Gasteiger partial charge in [0.2, 0.25) is 0 Å². The summed E-state index contributed by atoms with van der Waals surface area (Å²) in [6, 6.07) is 14.8. The Kier molecular flexibility index (Phi) is 6.23. The van der Waals surface area contributed by atoms with Gasteiger partial charge >= 0.3 is 5.97 Å². The topological polar surface area (TPSA) is 54.3 Å². The molecule has 0 radical (unpaired) electrons. The number of rotatable bonds is 7. The lowest BCUT2D eigenvalue weighted by molar-refractivity contribution is 0.0694. The average molecular weight is 391 g/mol. The summed E-state index contributed by atoms with van der Waals surface area (Å²) >= 11 is 0. The monoisotopic (exact) mass is 390 g/mol. The molecular formula is C25H30N2O2. The summed E-state index contributed by atoms with van der Waals surface area (Å²) in [6.07, 6.45) is 0. The Morgan fingerprint density at radius 2 is 1.66 bits per heavy atom. The number of hydrogen-bond acceptors (Lipinski definition) is 2. The predicted octanol–water partition coefficient (Wildman–Crippen LogP) is 5.07. The van der Waals surface area contributed by atoms with E-state index < -0.39 is 5.97 Å². The summed E-state index contributed by atoms with van der Waals surface area (Å²) in [5.41, 5.74) is 9.19. The molecule has 152 valence electrons. The van der Waals surface area contributed by atoms with Crippen molar-refractivity contribution in [3.8, 4) is 0 Å². The maximum atomic E-state index is 12.0. The van der Waals surface area contributed by atoms with E-state index in [1.807, 2.05) is 19.9 Å². The molecule has 3 aromatic rings. The van der Waals surface area contributed by atoms with E-state index in [1.165, 1.54) is 27.8 Å². The highest BCUT2D eigenvalue weighted by molar-refractivity contribution is 5.91. The molecule has 4 nitrogen and oxygen atoms in total. The molecule has 0 bridgehead atoms. The molecule has 1 heterocycles. The Bertz CT molecular complexity index is 1050. The van der Waals surface area contributed by atoms with Crippen LogP contribution in [0, 0.1) is 34.6 Å². The molecule has 2 aromatic carbocycles. The minimum Gasteiger partial charge on any atom is -0.478 e. The fourth-order valence-corrected chi connectivity index (χ4v) is 3.98. The first-order valence-electron chi connectivity index (χ1n) is 10.0. The van der Waals surface area contributed by atoms with Crippen LogP contribution in [0.25, 0.3) is 0 Å². The number of aryl methyl sites for hydroxylation is 3. The summed E-state index contributed by atoms with van der Waals surface area (Å²) in [5, 5.41) is 13.3. The van der Waals surface area contributed by atoms with Crippen molar-refractivity contribution >= 4 is 5.97 Å². The number of carboxylic acid groups (broad SMARTS) is 1. The zero-order valence-corrected chi connectivity index (χ0v) is 18.0. The number of carbonyl (C=O) groups is 1. The summed E-state index contributed by atoms with van der Waals surface area (Å²) < 4.78 is 2.13. The smallest absolute Gasteiger partial charge is 0.337 e. The normalized spacial score (nSPS) is 11.1. The van der Waals surface area contributed by atoms with Crippen molar-refractivity contribution in [2.24, 2.45) is 0 Å². The predicted molar refractivity (Wildman–Crippen MR) is 118 cm³/mol. The Balaban J connectivity index is 1.87.